The van der Waals surface area contributed by atoms with Gasteiger partial charge in [0, 0.05) is 6.20 Å². The number of carbonyl (C=O) groups excluding carboxylic acids is 1. The first-order valence-electron chi connectivity index (χ1n) is 2.75. The Labute approximate surface area is 58.1 Å². The molecule has 0 amide bonds. The number of aromatic nitrogens is 2. The average molecular weight is 136 g/mol. The predicted octanol–water partition coefficient (Wildman–Crippen LogP) is -0.289. The zero-order valence-corrected chi connectivity index (χ0v) is 5.24. The largest absolute Gasteiger partial charge is 0.368 e. The van der Waals surface area contributed by atoms with Crippen LogP contribution in [0, 0.1) is 0 Å². The van der Waals surface area contributed by atoms with Crippen molar-refractivity contribution in [3.05, 3.63) is 18.0 Å². The molecule has 2 N–H and O–H groups in total. The highest BCUT2D eigenvalue weighted by atomic mass is 16.1. The number of rotatable bonds is 2. The SMILES string of the molecule is Nc1nccc(C[C]=O)n1. The Morgan fingerprint density at radius 2 is 2.50 bits per heavy atom. The van der Waals surface area contributed by atoms with E-state index in [1.54, 1.807) is 12.4 Å². The fraction of sp³-hybridized carbons (Fsp3) is 0.167. The van der Waals surface area contributed by atoms with Crippen LogP contribution < -0.4 is 5.73 Å². The molecule has 0 saturated heterocycles. The number of hydrogen-bond donors (Lipinski definition) is 1. The molecule has 1 radical (unpaired) electrons. The van der Waals surface area contributed by atoms with Crippen LogP contribution >= 0.6 is 0 Å². The van der Waals surface area contributed by atoms with Gasteiger partial charge in [-0.3, -0.25) is 4.79 Å². The van der Waals surface area contributed by atoms with Gasteiger partial charge in [0.15, 0.2) is 0 Å². The molecule has 0 unspecified atom stereocenters. The van der Waals surface area contributed by atoms with Gasteiger partial charge in [0.2, 0.25) is 12.2 Å². The lowest BCUT2D eigenvalue weighted by atomic mass is 10.3. The Morgan fingerprint density at radius 1 is 1.70 bits per heavy atom. The van der Waals surface area contributed by atoms with Crippen LogP contribution in [0.15, 0.2) is 12.3 Å². The van der Waals surface area contributed by atoms with Crippen LogP contribution in [0.1, 0.15) is 5.69 Å². The third-order valence-corrected chi connectivity index (χ3v) is 0.985. The normalized spacial score (nSPS) is 9.20. The van der Waals surface area contributed by atoms with Gasteiger partial charge in [0.05, 0.1) is 12.1 Å². The number of nitrogens with zero attached hydrogens (tertiary/aromatic N) is 2. The van der Waals surface area contributed by atoms with Gasteiger partial charge >= 0.3 is 0 Å². The maximum atomic E-state index is 9.86. The van der Waals surface area contributed by atoms with Crippen LogP contribution in [0.4, 0.5) is 5.95 Å². The topological polar surface area (TPSA) is 68.9 Å². The van der Waals surface area contributed by atoms with E-state index in [-0.39, 0.29) is 12.4 Å². The Morgan fingerprint density at radius 3 is 3.10 bits per heavy atom. The molecule has 1 heterocycles. The van der Waals surface area contributed by atoms with Crippen molar-refractivity contribution in [3.8, 4) is 0 Å². The average Bonchev–Trinajstić information content (AvgIpc) is 1.88. The van der Waals surface area contributed by atoms with Gasteiger partial charge < -0.3 is 5.73 Å². The van der Waals surface area contributed by atoms with Crippen molar-refractivity contribution in [2.24, 2.45) is 0 Å². The quantitative estimate of drug-likeness (QED) is 0.606. The maximum absolute atomic E-state index is 9.86. The molecule has 0 saturated carbocycles. The van der Waals surface area contributed by atoms with Crippen molar-refractivity contribution >= 4 is 12.2 Å². The van der Waals surface area contributed by atoms with E-state index in [0.717, 1.165) is 0 Å². The summed E-state index contributed by atoms with van der Waals surface area (Å²) in [5, 5.41) is 0. The van der Waals surface area contributed by atoms with Crippen molar-refractivity contribution in [3.63, 3.8) is 0 Å². The monoisotopic (exact) mass is 136 g/mol. The minimum atomic E-state index is 0.173. The van der Waals surface area contributed by atoms with Crippen LogP contribution in [0.5, 0.6) is 0 Å². The second-order valence-corrected chi connectivity index (χ2v) is 1.73. The third-order valence-electron chi connectivity index (χ3n) is 0.985. The molecule has 0 aromatic carbocycles. The zero-order valence-electron chi connectivity index (χ0n) is 5.24. The Bertz CT molecular complexity index is 236. The van der Waals surface area contributed by atoms with Crippen molar-refractivity contribution in [2.75, 3.05) is 5.73 Å². The van der Waals surface area contributed by atoms with Crippen LogP contribution in [0.3, 0.4) is 0 Å². The number of anilines is 1. The minimum Gasteiger partial charge on any atom is -0.368 e. The molecule has 4 nitrogen and oxygen atoms in total. The smallest absolute Gasteiger partial charge is 0.220 e. The molecular formula is C6H6N3O. The third kappa shape index (κ3) is 1.51. The van der Waals surface area contributed by atoms with E-state index < -0.39 is 0 Å². The summed E-state index contributed by atoms with van der Waals surface area (Å²) in [5.41, 5.74) is 5.84. The summed E-state index contributed by atoms with van der Waals surface area (Å²) in [6, 6.07) is 1.63. The van der Waals surface area contributed by atoms with Crippen LogP contribution in [0.2, 0.25) is 0 Å². The summed E-state index contributed by atoms with van der Waals surface area (Å²) < 4.78 is 0. The molecule has 0 aliphatic carbocycles. The first-order valence-corrected chi connectivity index (χ1v) is 2.75. The lowest BCUT2D eigenvalue weighted by Crippen LogP contribution is -1.98. The van der Waals surface area contributed by atoms with Gasteiger partial charge in [-0.2, -0.15) is 0 Å². The second-order valence-electron chi connectivity index (χ2n) is 1.73. The van der Waals surface area contributed by atoms with Gasteiger partial charge in [0.1, 0.15) is 0 Å². The highest BCUT2D eigenvalue weighted by Gasteiger charge is 1.93. The van der Waals surface area contributed by atoms with Crippen molar-refractivity contribution in [1.82, 2.24) is 9.97 Å². The summed E-state index contributed by atoms with van der Waals surface area (Å²) in [7, 11) is 0. The lowest BCUT2D eigenvalue weighted by Gasteiger charge is -1.92. The maximum Gasteiger partial charge on any atom is 0.220 e. The molecular weight excluding hydrogens is 130 g/mol. The minimum absolute atomic E-state index is 0.173. The van der Waals surface area contributed by atoms with E-state index in [9.17, 15) is 4.79 Å². The van der Waals surface area contributed by atoms with E-state index in [4.69, 9.17) is 5.73 Å². The molecule has 1 rings (SSSR count). The van der Waals surface area contributed by atoms with Crippen molar-refractivity contribution < 1.29 is 4.79 Å². The fourth-order valence-corrected chi connectivity index (χ4v) is 0.585. The molecule has 1 aromatic rings. The summed E-state index contributed by atoms with van der Waals surface area (Å²) in [4.78, 5) is 17.3. The van der Waals surface area contributed by atoms with E-state index in [2.05, 4.69) is 9.97 Å². The Kier molecular flexibility index (Phi) is 1.94. The van der Waals surface area contributed by atoms with Crippen LogP contribution in [-0.4, -0.2) is 16.3 Å². The van der Waals surface area contributed by atoms with E-state index >= 15 is 0 Å². The number of nitrogen functional groups attached to an aromatic ring is 1. The zero-order chi connectivity index (χ0) is 7.40. The summed E-state index contributed by atoms with van der Waals surface area (Å²) in [6.45, 7) is 0. The van der Waals surface area contributed by atoms with Crippen LogP contribution in [-0.2, 0) is 11.2 Å². The van der Waals surface area contributed by atoms with Gasteiger partial charge in [-0.25, -0.2) is 9.97 Å². The van der Waals surface area contributed by atoms with Gasteiger partial charge in [-0.15, -0.1) is 0 Å². The molecule has 0 fully saturated rings. The highest BCUT2D eigenvalue weighted by molar-refractivity contribution is 5.54. The first kappa shape index (κ1) is 6.67. The summed E-state index contributed by atoms with van der Waals surface area (Å²) in [5.74, 6) is 0.188. The molecule has 0 spiro atoms. The first-order chi connectivity index (χ1) is 4.83. The van der Waals surface area contributed by atoms with Crippen molar-refractivity contribution in [1.29, 1.82) is 0 Å². The number of nitrogens with two attached hydrogens (primary N) is 1. The molecule has 1 aromatic heterocycles. The molecule has 10 heavy (non-hydrogen) atoms. The van der Waals surface area contributed by atoms with E-state index in [1.165, 1.54) is 6.20 Å². The Hall–Kier alpha value is -1.45. The van der Waals surface area contributed by atoms with Crippen LogP contribution in [0.25, 0.3) is 0 Å². The van der Waals surface area contributed by atoms with Gasteiger partial charge in [-0.05, 0) is 6.07 Å². The van der Waals surface area contributed by atoms with E-state index in [0.29, 0.717) is 5.69 Å². The van der Waals surface area contributed by atoms with Gasteiger partial charge in [-0.1, -0.05) is 0 Å². The molecule has 0 atom stereocenters. The number of hydrogen-bond acceptors (Lipinski definition) is 4. The summed E-state index contributed by atoms with van der Waals surface area (Å²) in [6.07, 6.45) is 3.40. The summed E-state index contributed by atoms with van der Waals surface area (Å²) >= 11 is 0. The predicted molar refractivity (Wildman–Crippen MR) is 35.8 cm³/mol. The molecule has 0 aliphatic rings. The lowest BCUT2D eigenvalue weighted by molar-refractivity contribution is 0.554. The second kappa shape index (κ2) is 2.91. The van der Waals surface area contributed by atoms with Crippen molar-refractivity contribution in [2.45, 2.75) is 6.42 Å². The molecule has 51 valence electrons. The van der Waals surface area contributed by atoms with Gasteiger partial charge in [0.25, 0.3) is 0 Å². The molecule has 0 aliphatic heterocycles. The Balaban J connectivity index is 2.84. The highest BCUT2D eigenvalue weighted by Crippen LogP contribution is 1.94. The molecule has 0 bridgehead atoms. The standard InChI is InChI=1S/C6H6N3O/c7-6-8-3-1-5(9-6)2-4-10/h1,3H,2H2,(H2,7,8,9). The molecule has 4 heteroatoms. The fourth-order valence-electron chi connectivity index (χ4n) is 0.585. The van der Waals surface area contributed by atoms with E-state index in [1.807, 2.05) is 0 Å².